The number of ether oxygens (including phenoxy) is 1. The van der Waals surface area contributed by atoms with E-state index in [1.54, 1.807) is 19.1 Å². The maximum atomic E-state index is 12.3. The highest BCUT2D eigenvalue weighted by molar-refractivity contribution is 5.97. The zero-order valence-electron chi connectivity index (χ0n) is 17.4. The van der Waals surface area contributed by atoms with E-state index in [9.17, 15) is 15.0 Å². The van der Waals surface area contributed by atoms with Crippen molar-refractivity contribution in [3.05, 3.63) is 29.3 Å². The van der Waals surface area contributed by atoms with Crippen molar-refractivity contribution in [2.24, 2.45) is 16.8 Å². The molecule has 2 aliphatic heterocycles. The molecule has 158 valence electrons. The van der Waals surface area contributed by atoms with Gasteiger partial charge < -0.3 is 14.9 Å². The van der Waals surface area contributed by atoms with E-state index in [0.717, 1.165) is 24.1 Å². The standard InChI is InChI=1S/C23H32N2O4/c1-14-18(8-5-9-21(14)27)23-24-19(13-29-23)22(28)12-25-11-17-7-4-3-6-16(17)10-20(25)15(2)26/h5,8-9,16-17,19-20,22,27-28H,3-4,6-7,10-13H2,1-2H3/t16?,17?,19-,20-,22+/m0/s1. The second-order valence-electron chi connectivity index (χ2n) is 8.95. The van der Waals surface area contributed by atoms with Crippen molar-refractivity contribution in [1.29, 1.82) is 0 Å². The van der Waals surface area contributed by atoms with Crippen LogP contribution in [0.3, 0.4) is 0 Å². The molecule has 2 heterocycles. The number of aliphatic imine (C=N–C) groups is 1. The minimum atomic E-state index is -0.688. The highest BCUT2D eigenvalue weighted by atomic mass is 16.5. The molecule has 2 unspecified atom stereocenters. The SMILES string of the molecule is CC(=O)[C@@H]1CC2CCCCC2CN1C[C@@H](O)[C@@H]1COC(c2cccc(O)c2C)=N1. The summed E-state index contributed by atoms with van der Waals surface area (Å²) in [6.45, 7) is 5.15. The van der Waals surface area contributed by atoms with E-state index in [1.165, 1.54) is 25.7 Å². The van der Waals surface area contributed by atoms with Crippen LogP contribution in [0.5, 0.6) is 5.75 Å². The number of benzene rings is 1. The molecule has 1 saturated heterocycles. The van der Waals surface area contributed by atoms with Crippen molar-refractivity contribution in [2.45, 2.75) is 64.1 Å². The topological polar surface area (TPSA) is 82.4 Å². The first-order valence-electron chi connectivity index (χ1n) is 10.9. The number of aliphatic hydroxyl groups excluding tert-OH is 1. The Hall–Kier alpha value is -1.92. The third-order valence-electron chi connectivity index (χ3n) is 7.05. The largest absolute Gasteiger partial charge is 0.508 e. The third kappa shape index (κ3) is 4.19. The van der Waals surface area contributed by atoms with Crippen molar-refractivity contribution < 1.29 is 19.7 Å². The molecule has 1 saturated carbocycles. The first-order chi connectivity index (χ1) is 13.9. The molecule has 0 spiro atoms. The van der Waals surface area contributed by atoms with Crippen molar-refractivity contribution in [1.82, 2.24) is 4.90 Å². The molecule has 1 aromatic rings. The molecular weight excluding hydrogens is 368 g/mol. The summed E-state index contributed by atoms with van der Waals surface area (Å²) >= 11 is 0. The summed E-state index contributed by atoms with van der Waals surface area (Å²) in [7, 11) is 0. The number of likely N-dealkylation sites (tertiary alicyclic amines) is 1. The fraction of sp³-hybridized carbons (Fsp3) is 0.652. The Kier molecular flexibility index (Phi) is 5.93. The molecule has 1 aliphatic carbocycles. The van der Waals surface area contributed by atoms with E-state index >= 15 is 0 Å². The van der Waals surface area contributed by atoms with Gasteiger partial charge in [0.1, 0.15) is 24.2 Å². The molecule has 0 bridgehead atoms. The van der Waals surface area contributed by atoms with Crippen molar-refractivity contribution >= 4 is 11.7 Å². The van der Waals surface area contributed by atoms with Crippen LogP contribution >= 0.6 is 0 Å². The number of aromatic hydroxyl groups is 1. The Morgan fingerprint density at radius 2 is 2.07 bits per heavy atom. The zero-order valence-corrected chi connectivity index (χ0v) is 17.4. The lowest BCUT2D eigenvalue weighted by atomic mass is 9.72. The molecule has 3 aliphatic rings. The highest BCUT2D eigenvalue weighted by Gasteiger charge is 2.40. The van der Waals surface area contributed by atoms with Crippen molar-refractivity contribution in [3.63, 3.8) is 0 Å². The van der Waals surface area contributed by atoms with E-state index in [-0.39, 0.29) is 23.6 Å². The Labute approximate surface area is 172 Å². The van der Waals surface area contributed by atoms with Gasteiger partial charge in [-0.15, -0.1) is 0 Å². The molecule has 0 amide bonds. The highest BCUT2D eigenvalue weighted by Crippen LogP contribution is 2.39. The minimum absolute atomic E-state index is 0.0944. The number of hydrogen-bond donors (Lipinski definition) is 2. The van der Waals surface area contributed by atoms with Gasteiger partial charge >= 0.3 is 0 Å². The van der Waals surface area contributed by atoms with E-state index < -0.39 is 6.10 Å². The van der Waals surface area contributed by atoms with Crippen LogP contribution in [0.1, 0.15) is 50.2 Å². The van der Waals surface area contributed by atoms with Crippen molar-refractivity contribution in [3.8, 4) is 5.75 Å². The van der Waals surface area contributed by atoms with E-state index in [4.69, 9.17) is 4.74 Å². The number of phenols is 1. The number of hydrogen-bond acceptors (Lipinski definition) is 6. The number of carbonyl (C=O) groups is 1. The van der Waals surface area contributed by atoms with Crippen LogP contribution in [0, 0.1) is 18.8 Å². The summed E-state index contributed by atoms with van der Waals surface area (Å²) in [5.41, 5.74) is 1.47. The van der Waals surface area contributed by atoms with Gasteiger partial charge in [0, 0.05) is 24.2 Å². The maximum Gasteiger partial charge on any atom is 0.217 e. The average molecular weight is 401 g/mol. The molecule has 6 heteroatoms. The third-order valence-corrected chi connectivity index (χ3v) is 7.05. The number of nitrogens with zero attached hydrogens (tertiary/aromatic N) is 2. The number of piperidine rings is 1. The zero-order chi connectivity index (χ0) is 20.5. The van der Waals surface area contributed by atoms with Gasteiger partial charge in [0.15, 0.2) is 0 Å². The van der Waals surface area contributed by atoms with Gasteiger partial charge in [-0.2, -0.15) is 0 Å². The smallest absolute Gasteiger partial charge is 0.217 e. The Balaban J connectivity index is 1.45. The number of aliphatic hydroxyl groups is 1. The fourth-order valence-corrected chi connectivity index (χ4v) is 5.28. The fourth-order valence-electron chi connectivity index (χ4n) is 5.28. The molecule has 2 fully saturated rings. The molecule has 6 nitrogen and oxygen atoms in total. The lowest BCUT2D eigenvalue weighted by Gasteiger charge is -2.46. The average Bonchev–Trinajstić information content (AvgIpc) is 3.19. The Morgan fingerprint density at radius 1 is 1.31 bits per heavy atom. The number of Topliss-reactive ketones (excluding diaryl/α,β-unsaturated/α-hetero) is 1. The molecule has 2 N–H and O–H groups in total. The van der Waals surface area contributed by atoms with Gasteiger partial charge in [0.05, 0.1) is 12.1 Å². The van der Waals surface area contributed by atoms with Crippen LogP contribution in [-0.4, -0.2) is 64.7 Å². The van der Waals surface area contributed by atoms with Crippen molar-refractivity contribution in [2.75, 3.05) is 19.7 Å². The van der Waals surface area contributed by atoms with Gasteiger partial charge in [-0.3, -0.25) is 9.69 Å². The van der Waals surface area contributed by atoms with Crippen LogP contribution in [0.25, 0.3) is 0 Å². The maximum absolute atomic E-state index is 12.3. The number of fused-ring (bicyclic) bond motifs is 1. The summed E-state index contributed by atoms with van der Waals surface area (Å²) in [5, 5.41) is 20.8. The van der Waals surface area contributed by atoms with Crippen LogP contribution in [-0.2, 0) is 9.53 Å². The number of carbonyl (C=O) groups excluding carboxylic acids is 1. The summed E-state index contributed by atoms with van der Waals surface area (Å²) in [6.07, 6.45) is 5.25. The van der Waals surface area contributed by atoms with E-state index in [0.29, 0.717) is 30.9 Å². The van der Waals surface area contributed by atoms with Crippen LogP contribution in [0.15, 0.2) is 23.2 Å². The number of rotatable bonds is 5. The molecule has 1 aromatic carbocycles. The van der Waals surface area contributed by atoms with Gasteiger partial charge in [0.2, 0.25) is 5.90 Å². The summed E-state index contributed by atoms with van der Waals surface area (Å²) in [4.78, 5) is 19.1. The van der Waals surface area contributed by atoms with Gasteiger partial charge in [-0.25, -0.2) is 4.99 Å². The second kappa shape index (κ2) is 8.44. The summed E-state index contributed by atoms with van der Waals surface area (Å²) in [5.74, 6) is 2.16. The Bertz CT molecular complexity index is 793. The first kappa shape index (κ1) is 20.4. The molecule has 0 aromatic heterocycles. The van der Waals surface area contributed by atoms with Gasteiger partial charge in [-0.1, -0.05) is 25.3 Å². The van der Waals surface area contributed by atoms with Crippen LogP contribution < -0.4 is 0 Å². The normalized spacial score (nSPS) is 30.9. The molecule has 5 atom stereocenters. The van der Waals surface area contributed by atoms with Crippen LogP contribution in [0.2, 0.25) is 0 Å². The summed E-state index contributed by atoms with van der Waals surface area (Å²) in [6, 6.07) is 4.81. The molecule has 4 rings (SSSR count). The predicted molar refractivity (Wildman–Crippen MR) is 111 cm³/mol. The van der Waals surface area contributed by atoms with E-state index in [2.05, 4.69) is 9.89 Å². The molecular formula is C23H32N2O4. The quantitative estimate of drug-likeness (QED) is 0.794. The van der Waals surface area contributed by atoms with E-state index in [1.807, 2.05) is 13.0 Å². The number of β-amino-alcohol motifs (C(OH)–C–C–N with tert-alkyl or cyclic N) is 1. The molecule has 29 heavy (non-hydrogen) atoms. The monoisotopic (exact) mass is 400 g/mol. The summed E-state index contributed by atoms with van der Waals surface area (Å²) < 4.78 is 5.75. The van der Waals surface area contributed by atoms with Gasteiger partial charge in [-0.05, 0) is 50.7 Å². The molecule has 0 radical (unpaired) electrons. The lowest BCUT2D eigenvalue weighted by molar-refractivity contribution is -0.126. The number of ketones is 1. The first-order valence-corrected chi connectivity index (χ1v) is 10.9. The van der Waals surface area contributed by atoms with Gasteiger partial charge in [0.25, 0.3) is 0 Å². The Morgan fingerprint density at radius 3 is 2.83 bits per heavy atom. The predicted octanol–water partition coefficient (Wildman–Crippen LogP) is 2.68. The lowest BCUT2D eigenvalue weighted by Crippen LogP contribution is -2.54. The minimum Gasteiger partial charge on any atom is -0.508 e. The van der Waals surface area contributed by atoms with Crippen LogP contribution in [0.4, 0.5) is 0 Å². The number of phenolic OH excluding ortho intramolecular Hbond substituents is 1. The second-order valence-corrected chi connectivity index (χ2v) is 8.95.